The van der Waals surface area contributed by atoms with Gasteiger partial charge in [-0.2, -0.15) is 8.78 Å². The molecule has 2 nitrogen and oxygen atoms in total. The molecule has 1 fully saturated rings. The van der Waals surface area contributed by atoms with Crippen molar-refractivity contribution in [3.63, 3.8) is 0 Å². The maximum absolute atomic E-state index is 14.4. The SMILES string of the molecule is CCC1(C)CN(CC(F)(F)c2ccccc2)C(C)CN1. The molecule has 1 aromatic rings. The van der Waals surface area contributed by atoms with Crippen LogP contribution < -0.4 is 5.32 Å². The Hall–Kier alpha value is -1.00. The number of alkyl halides is 2. The molecule has 1 aromatic carbocycles. The third-order valence-electron chi connectivity index (χ3n) is 4.38. The van der Waals surface area contributed by atoms with Gasteiger partial charge in [-0.3, -0.25) is 4.90 Å². The summed E-state index contributed by atoms with van der Waals surface area (Å²) in [5.41, 5.74) is 0.0307. The Balaban J connectivity index is 2.11. The first-order valence-electron chi connectivity index (χ1n) is 7.29. The van der Waals surface area contributed by atoms with Gasteiger partial charge in [-0.15, -0.1) is 0 Å². The Morgan fingerprint density at radius 3 is 2.60 bits per heavy atom. The second-order valence-electron chi connectivity index (χ2n) is 6.12. The Morgan fingerprint density at radius 2 is 2.00 bits per heavy atom. The molecule has 0 aromatic heterocycles. The summed E-state index contributed by atoms with van der Waals surface area (Å²) in [5.74, 6) is -2.80. The number of benzene rings is 1. The molecule has 1 saturated heterocycles. The van der Waals surface area contributed by atoms with Crippen molar-refractivity contribution in [3.8, 4) is 0 Å². The first-order valence-corrected chi connectivity index (χ1v) is 7.29. The lowest BCUT2D eigenvalue weighted by atomic mass is 9.93. The lowest BCUT2D eigenvalue weighted by molar-refractivity contribution is -0.0608. The van der Waals surface area contributed by atoms with Crippen molar-refractivity contribution in [2.75, 3.05) is 19.6 Å². The molecular formula is C16H24F2N2. The fourth-order valence-corrected chi connectivity index (χ4v) is 2.66. The van der Waals surface area contributed by atoms with E-state index < -0.39 is 5.92 Å². The van der Waals surface area contributed by atoms with Crippen LogP contribution >= 0.6 is 0 Å². The van der Waals surface area contributed by atoms with Gasteiger partial charge in [0, 0.05) is 30.2 Å². The number of halogens is 2. The topological polar surface area (TPSA) is 15.3 Å². The number of hydrogen-bond acceptors (Lipinski definition) is 2. The van der Waals surface area contributed by atoms with E-state index in [1.165, 1.54) is 12.1 Å². The quantitative estimate of drug-likeness (QED) is 0.912. The van der Waals surface area contributed by atoms with E-state index in [4.69, 9.17) is 0 Å². The zero-order valence-electron chi connectivity index (χ0n) is 12.5. The predicted octanol–water partition coefficient (Wildman–Crippen LogP) is 3.24. The molecule has 0 saturated carbocycles. The molecule has 1 heterocycles. The summed E-state index contributed by atoms with van der Waals surface area (Å²) in [7, 11) is 0. The molecule has 20 heavy (non-hydrogen) atoms. The summed E-state index contributed by atoms with van der Waals surface area (Å²) in [6, 6.07) is 8.24. The highest BCUT2D eigenvalue weighted by Gasteiger charge is 2.40. The van der Waals surface area contributed by atoms with Crippen molar-refractivity contribution in [2.24, 2.45) is 0 Å². The van der Waals surface area contributed by atoms with Gasteiger partial charge in [0.1, 0.15) is 0 Å². The van der Waals surface area contributed by atoms with Crippen LogP contribution in [0.3, 0.4) is 0 Å². The zero-order chi connectivity index (χ0) is 14.8. The highest BCUT2D eigenvalue weighted by atomic mass is 19.3. The number of hydrogen-bond donors (Lipinski definition) is 1. The molecular weight excluding hydrogens is 258 g/mol. The largest absolute Gasteiger partial charge is 0.309 e. The van der Waals surface area contributed by atoms with Crippen LogP contribution in [0.5, 0.6) is 0 Å². The number of nitrogens with zero attached hydrogens (tertiary/aromatic N) is 1. The van der Waals surface area contributed by atoms with E-state index >= 15 is 0 Å². The van der Waals surface area contributed by atoms with Crippen molar-refractivity contribution in [3.05, 3.63) is 35.9 Å². The Bertz CT molecular complexity index is 435. The summed E-state index contributed by atoms with van der Waals surface area (Å²) >= 11 is 0. The monoisotopic (exact) mass is 282 g/mol. The highest BCUT2D eigenvalue weighted by molar-refractivity contribution is 5.20. The van der Waals surface area contributed by atoms with Crippen molar-refractivity contribution in [1.29, 1.82) is 0 Å². The summed E-state index contributed by atoms with van der Waals surface area (Å²) < 4.78 is 28.8. The number of rotatable bonds is 4. The normalized spacial score (nSPS) is 28.6. The molecule has 2 atom stereocenters. The summed E-state index contributed by atoms with van der Waals surface area (Å²) in [6.07, 6.45) is 0.938. The minimum atomic E-state index is -2.80. The van der Waals surface area contributed by atoms with Gasteiger partial charge in [-0.25, -0.2) is 0 Å². The maximum atomic E-state index is 14.4. The molecule has 1 aliphatic rings. The van der Waals surface area contributed by atoms with E-state index in [1.54, 1.807) is 18.2 Å². The number of nitrogens with one attached hydrogen (secondary N) is 1. The van der Waals surface area contributed by atoms with Gasteiger partial charge in [0.05, 0.1) is 6.54 Å². The van der Waals surface area contributed by atoms with Crippen LogP contribution in [0.2, 0.25) is 0 Å². The molecule has 1 aliphatic heterocycles. The van der Waals surface area contributed by atoms with Crippen LogP contribution in [-0.4, -0.2) is 36.1 Å². The lowest BCUT2D eigenvalue weighted by Crippen LogP contribution is -2.63. The summed E-state index contributed by atoms with van der Waals surface area (Å²) in [4.78, 5) is 1.91. The van der Waals surface area contributed by atoms with Gasteiger partial charge in [0.25, 0.3) is 5.92 Å². The molecule has 4 heteroatoms. The van der Waals surface area contributed by atoms with Gasteiger partial charge >= 0.3 is 0 Å². The van der Waals surface area contributed by atoms with E-state index in [-0.39, 0.29) is 23.7 Å². The van der Waals surface area contributed by atoms with Crippen LogP contribution in [0.1, 0.15) is 32.8 Å². The van der Waals surface area contributed by atoms with E-state index in [9.17, 15) is 8.78 Å². The highest BCUT2D eigenvalue weighted by Crippen LogP contribution is 2.31. The smallest absolute Gasteiger partial charge is 0.285 e. The first-order chi connectivity index (χ1) is 9.36. The fraction of sp³-hybridized carbons (Fsp3) is 0.625. The second kappa shape index (κ2) is 5.78. The molecule has 0 spiro atoms. The van der Waals surface area contributed by atoms with Crippen molar-refractivity contribution in [1.82, 2.24) is 10.2 Å². The number of piperazine rings is 1. The second-order valence-corrected chi connectivity index (χ2v) is 6.12. The van der Waals surface area contributed by atoms with E-state index in [1.807, 2.05) is 11.8 Å². The minimum Gasteiger partial charge on any atom is -0.309 e. The van der Waals surface area contributed by atoms with Gasteiger partial charge in [0.15, 0.2) is 0 Å². The Labute approximate surface area is 120 Å². The molecule has 2 rings (SSSR count). The van der Waals surface area contributed by atoms with E-state index in [0.717, 1.165) is 13.0 Å². The van der Waals surface area contributed by atoms with Crippen LogP contribution in [0.25, 0.3) is 0 Å². The summed E-state index contributed by atoms with van der Waals surface area (Å²) in [6.45, 7) is 7.41. The average Bonchev–Trinajstić information content (AvgIpc) is 2.44. The standard InChI is InChI=1S/C16H24F2N2/c1-4-15(3)11-20(13(2)10-19-15)12-16(17,18)14-8-6-5-7-9-14/h5-9,13,19H,4,10-12H2,1-3H3. The third-order valence-corrected chi connectivity index (χ3v) is 4.38. The van der Waals surface area contributed by atoms with Gasteiger partial charge in [-0.05, 0) is 20.3 Å². The van der Waals surface area contributed by atoms with Gasteiger partial charge < -0.3 is 5.32 Å². The zero-order valence-corrected chi connectivity index (χ0v) is 12.5. The van der Waals surface area contributed by atoms with E-state index in [2.05, 4.69) is 19.2 Å². The first kappa shape index (κ1) is 15.4. The molecule has 0 bridgehead atoms. The Kier molecular flexibility index (Phi) is 4.45. The lowest BCUT2D eigenvalue weighted by Gasteiger charge is -2.45. The van der Waals surface area contributed by atoms with Crippen molar-refractivity contribution in [2.45, 2.75) is 44.7 Å². The molecule has 0 amide bonds. The molecule has 1 N–H and O–H groups in total. The van der Waals surface area contributed by atoms with Crippen LogP contribution in [0, 0.1) is 0 Å². The van der Waals surface area contributed by atoms with Gasteiger partial charge in [-0.1, -0.05) is 37.3 Å². The predicted molar refractivity (Wildman–Crippen MR) is 78.1 cm³/mol. The van der Waals surface area contributed by atoms with Crippen molar-refractivity contribution < 1.29 is 8.78 Å². The van der Waals surface area contributed by atoms with Crippen LogP contribution in [0.4, 0.5) is 8.78 Å². The van der Waals surface area contributed by atoms with Crippen molar-refractivity contribution >= 4 is 0 Å². The maximum Gasteiger partial charge on any atom is 0.285 e. The van der Waals surface area contributed by atoms with Gasteiger partial charge in [0.2, 0.25) is 0 Å². The fourth-order valence-electron chi connectivity index (χ4n) is 2.66. The molecule has 0 aliphatic carbocycles. The van der Waals surface area contributed by atoms with Crippen LogP contribution in [0.15, 0.2) is 30.3 Å². The average molecular weight is 282 g/mol. The molecule has 2 unspecified atom stereocenters. The summed E-state index contributed by atoms with van der Waals surface area (Å²) in [5, 5.41) is 3.46. The molecule has 0 radical (unpaired) electrons. The van der Waals surface area contributed by atoms with E-state index in [0.29, 0.717) is 6.54 Å². The minimum absolute atomic E-state index is 0.0702. The molecule has 112 valence electrons. The van der Waals surface area contributed by atoms with Crippen LogP contribution in [-0.2, 0) is 5.92 Å². The Morgan fingerprint density at radius 1 is 1.35 bits per heavy atom. The third kappa shape index (κ3) is 3.36.